The lowest BCUT2D eigenvalue weighted by molar-refractivity contribution is 0.449. The maximum Gasteiger partial charge on any atom is 0.0911 e. The van der Waals surface area contributed by atoms with Crippen molar-refractivity contribution in [1.82, 2.24) is 4.57 Å². The Labute approximate surface area is 142 Å². The van der Waals surface area contributed by atoms with E-state index in [-0.39, 0.29) is 6.67 Å². The van der Waals surface area contributed by atoms with Crippen LogP contribution in [0.3, 0.4) is 0 Å². The molecule has 2 N–H and O–H groups in total. The number of aromatic nitrogens is 1. The smallest absolute Gasteiger partial charge is 0.0911 e. The molecule has 0 saturated heterocycles. The van der Waals surface area contributed by atoms with E-state index in [0.717, 1.165) is 39.7 Å². The van der Waals surface area contributed by atoms with E-state index in [2.05, 4.69) is 55.0 Å². The Balaban J connectivity index is 2.37. The Morgan fingerprint density at radius 1 is 1.38 bits per heavy atom. The van der Waals surface area contributed by atoms with Crippen LogP contribution in [0.25, 0.3) is 22.2 Å². The molecule has 0 radical (unpaired) electrons. The largest absolute Gasteiger partial charge is 0.398 e. The van der Waals surface area contributed by atoms with Crippen LogP contribution in [0.4, 0.5) is 4.39 Å². The molecule has 1 aliphatic rings. The first-order valence-corrected chi connectivity index (χ1v) is 8.23. The highest BCUT2D eigenvalue weighted by molar-refractivity contribution is 6.02. The summed E-state index contributed by atoms with van der Waals surface area (Å²) in [4.78, 5) is 0. The van der Waals surface area contributed by atoms with Gasteiger partial charge >= 0.3 is 0 Å². The SMILES string of the molecule is C=C1CC=CC=C1c1c(C(=C)N)n(CCCF)c2ccc(C)cc12. The molecule has 1 heterocycles. The van der Waals surface area contributed by atoms with Crippen LogP contribution in [-0.4, -0.2) is 11.2 Å². The number of aryl methyl sites for hydroxylation is 2. The fraction of sp³-hybridized carbons (Fsp3) is 0.238. The van der Waals surface area contributed by atoms with E-state index >= 15 is 0 Å². The van der Waals surface area contributed by atoms with E-state index in [1.165, 1.54) is 5.56 Å². The zero-order chi connectivity index (χ0) is 17.3. The summed E-state index contributed by atoms with van der Waals surface area (Å²) in [5, 5.41) is 1.12. The molecule has 124 valence electrons. The Kier molecular flexibility index (Phi) is 4.43. The summed E-state index contributed by atoms with van der Waals surface area (Å²) in [6.45, 7) is 10.5. The quantitative estimate of drug-likeness (QED) is 0.812. The van der Waals surface area contributed by atoms with Crippen molar-refractivity contribution in [3.8, 4) is 0 Å². The Morgan fingerprint density at radius 2 is 2.17 bits per heavy atom. The van der Waals surface area contributed by atoms with Gasteiger partial charge in [0.15, 0.2) is 0 Å². The van der Waals surface area contributed by atoms with Gasteiger partial charge in [-0.25, -0.2) is 0 Å². The van der Waals surface area contributed by atoms with Crippen molar-refractivity contribution in [1.29, 1.82) is 0 Å². The van der Waals surface area contributed by atoms with Gasteiger partial charge in [0.1, 0.15) is 0 Å². The number of hydrogen-bond donors (Lipinski definition) is 1. The first-order valence-electron chi connectivity index (χ1n) is 8.23. The molecule has 0 spiro atoms. The molecule has 0 unspecified atom stereocenters. The van der Waals surface area contributed by atoms with Crippen molar-refractivity contribution >= 4 is 22.2 Å². The molecule has 3 rings (SSSR count). The maximum absolute atomic E-state index is 12.8. The second kappa shape index (κ2) is 6.52. The van der Waals surface area contributed by atoms with E-state index in [1.807, 2.05) is 6.08 Å². The second-order valence-electron chi connectivity index (χ2n) is 6.28. The van der Waals surface area contributed by atoms with Crippen LogP contribution in [0.2, 0.25) is 0 Å². The summed E-state index contributed by atoms with van der Waals surface area (Å²) >= 11 is 0. The fourth-order valence-electron chi connectivity index (χ4n) is 3.39. The van der Waals surface area contributed by atoms with Crippen molar-refractivity contribution in [2.75, 3.05) is 6.67 Å². The number of rotatable bonds is 5. The molecule has 0 amide bonds. The van der Waals surface area contributed by atoms with Crippen LogP contribution >= 0.6 is 0 Å². The zero-order valence-corrected chi connectivity index (χ0v) is 14.1. The third-order valence-corrected chi connectivity index (χ3v) is 4.45. The summed E-state index contributed by atoms with van der Waals surface area (Å²) < 4.78 is 14.9. The monoisotopic (exact) mass is 322 g/mol. The molecular formula is C21H23FN2. The number of hydrogen-bond acceptors (Lipinski definition) is 1. The number of benzene rings is 1. The van der Waals surface area contributed by atoms with Crippen molar-refractivity contribution in [2.45, 2.75) is 26.3 Å². The number of alkyl halides is 1. The standard InChI is InChI=1S/C21H23FN2/c1-14-9-10-19-18(13-14)20(17-8-5-4-7-15(17)2)21(16(3)23)24(19)12-6-11-22/h4-5,8-10,13H,2-3,6-7,11-12,23H2,1H3. The van der Waals surface area contributed by atoms with Gasteiger partial charge in [-0.1, -0.05) is 43.0 Å². The molecule has 0 atom stereocenters. The molecule has 0 saturated carbocycles. The molecule has 2 nitrogen and oxygen atoms in total. The summed E-state index contributed by atoms with van der Waals surface area (Å²) in [5.74, 6) is 0. The zero-order valence-electron chi connectivity index (χ0n) is 14.1. The maximum atomic E-state index is 12.8. The first-order chi connectivity index (χ1) is 11.5. The minimum atomic E-state index is -0.352. The van der Waals surface area contributed by atoms with Crippen LogP contribution in [0.15, 0.2) is 55.2 Å². The van der Waals surface area contributed by atoms with E-state index in [4.69, 9.17) is 5.73 Å². The topological polar surface area (TPSA) is 30.9 Å². The number of nitrogens with zero attached hydrogens (tertiary/aromatic N) is 1. The Bertz CT molecular complexity index is 881. The summed E-state index contributed by atoms with van der Waals surface area (Å²) in [5.41, 5.74) is 13.0. The van der Waals surface area contributed by atoms with E-state index in [1.54, 1.807) is 0 Å². The van der Waals surface area contributed by atoms with Gasteiger partial charge in [-0.05, 0) is 43.0 Å². The fourth-order valence-corrected chi connectivity index (χ4v) is 3.39. The predicted molar refractivity (Wildman–Crippen MR) is 101 cm³/mol. The Morgan fingerprint density at radius 3 is 2.83 bits per heavy atom. The van der Waals surface area contributed by atoms with Crippen molar-refractivity contribution in [3.63, 3.8) is 0 Å². The highest BCUT2D eigenvalue weighted by Crippen LogP contribution is 2.39. The van der Waals surface area contributed by atoms with Gasteiger partial charge in [-0.3, -0.25) is 4.39 Å². The molecule has 24 heavy (non-hydrogen) atoms. The normalized spacial score (nSPS) is 14.2. The lowest BCUT2D eigenvalue weighted by Crippen LogP contribution is -2.09. The number of allylic oxidation sites excluding steroid dienone is 5. The molecule has 2 aromatic rings. The Hall–Kier alpha value is -2.55. The van der Waals surface area contributed by atoms with Crippen molar-refractivity contribution in [3.05, 3.63) is 72.0 Å². The van der Waals surface area contributed by atoms with Gasteiger partial charge in [0.05, 0.1) is 12.4 Å². The molecule has 0 bridgehead atoms. The highest BCUT2D eigenvalue weighted by Gasteiger charge is 2.22. The molecule has 1 aliphatic carbocycles. The van der Waals surface area contributed by atoms with Crippen LogP contribution in [0.1, 0.15) is 29.7 Å². The minimum absolute atomic E-state index is 0.352. The lowest BCUT2D eigenvalue weighted by Gasteiger charge is -2.16. The average molecular weight is 322 g/mol. The molecule has 3 heteroatoms. The third kappa shape index (κ3) is 2.71. The van der Waals surface area contributed by atoms with Gasteiger partial charge in [-0.15, -0.1) is 0 Å². The van der Waals surface area contributed by atoms with Gasteiger partial charge in [0.25, 0.3) is 0 Å². The van der Waals surface area contributed by atoms with Gasteiger partial charge in [-0.2, -0.15) is 0 Å². The minimum Gasteiger partial charge on any atom is -0.398 e. The third-order valence-electron chi connectivity index (χ3n) is 4.45. The van der Waals surface area contributed by atoms with Gasteiger partial charge < -0.3 is 10.3 Å². The van der Waals surface area contributed by atoms with Crippen molar-refractivity contribution < 1.29 is 4.39 Å². The summed E-state index contributed by atoms with van der Waals surface area (Å²) in [6, 6.07) is 6.32. The van der Waals surface area contributed by atoms with E-state index in [0.29, 0.717) is 18.7 Å². The molecule has 1 aromatic carbocycles. The molecule has 0 fully saturated rings. The van der Waals surface area contributed by atoms with Gasteiger partial charge in [0.2, 0.25) is 0 Å². The average Bonchev–Trinajstić information content (AvgIpc) is 2.87. The van der Waals surface area contributed by atoms with Crippen LogP contribution in [0, 0.1) is 6.92 Å². The number of fused-ring (bicyclic) bond motifs is 1. The second-order valence-corrected chi connectivity index (χ2v) is 6.28. The number of nitrogens with two attached hydrogens (primary N) is 1. The number of halogens is 1. The summed E-state index contributed by atoms with van der Waals surface area (Å²) in [7, 11) is 0. The summed E-state index contributed by atoms with van der Waals surface area (Å²) in [6.07, 6.45) is 7.50. The lowest BCUT2D eigenvalue weighted by atomic mass is 9.90. The first kappa shape index (κ1) is 16.3. The van der Waals surface area contributed by atoms with Crippen molar-refractivity contribution in [2.24, 2.45) is 5.73 Å². The highest BCUT2D eigenvalue weighted by atomic mass is 19.1. The molecule has 0 aliphatic heterocycles. The van der Waals surface area contributed by atoms with E-state index < -0.39 is 0 Å². The predicted octanol–water partition coefficient (Wildman–Crippen LogP) is 5.14. The van der Waals surface area contributed by atoms with Crippen LogP contribution in [0.5, 0.6) is 0 Å². The van der Waals surface area contributed by atoms with E-state index in [9.17, 15) is 4.39 Å². The molecule has 1 aromatic heterocycles. The molecular weight excluding hydrogens is 299 g/mol. The van der Waals surface area contributed by atoms with Gasteiger partial charge in [0, 0.05) is 28.7 Å². The van der Waals surface area contributed by atoms with Crippen LogP contribution in [-0.2, 0) is 6.54 Å². The van der Waals surface area contributed by atoms with Crippen LogP contribution < -0.4 is 5.73 Å².